The number of rotatable bonds is 5. The number of nitrogens with zero attached hydrogens (tertiary/aromatic N) is 1. The van der Waals surface area contributed by atoms with Crippen molar-refractivity contribution in [3.05, 3.63) is 21.8 Å². The van der Waals surface area contributed by atoms with Crippen LogP contribution in [0.4, 0.5) is 11.4 Å². The Kier molecular flexibility index (Phi) is 5.34. The quantitative estimate of drug-likeness (QED) is 0.643. The molecule has 0 aliphatic carbocycles. The maximum absolute atomic E-state index is 5.72. The Labute approximate surface area is 112 Å². The molecule has 3 nitrogen and oxygen atoms in total. The number of hydrogen-bond acceptors (Lipinski definition) is 3. The average molecular weight is 333 g/mol. The summed E-state index contributed by atoms with van der Waals surface area (Å²) in [5.74, 6) is 0. The van der Waals surface area contributed by atoms with Gasteiger partial charge in [-0.3, -0.25) is 0 Å². The van der Waals surface area contributed by atoms with Crippen molar-refractivity contribution in [3.63, 3.8) is 0 Å². The smallest absolute Gasteiger partial charge is 0.0479 e. The van der Waals surface area contributed by atoms with Crippen LogP contribution in [0.3, 0.4) is 0 Å². The molecule has 0 saturated heterocycles. The first-order chi connectivity index (χ1) is 7.49. The van der Waals surface area contributed by atoms with Gasteiger partial charge in [0.2, 0.25) is 0 Å². The van der Waals surface area contributed by atoms with Crippen LogP contribution >= 0.6 is 22.6 Å². The number of nitrogens with one attached hydrogen (secondary N) is 1. The van der Waals surface area contributed by atoms with E-state index in [-0.39, 0.29) is 0 Å². The van der Waals surface area contributed by atoms with Gasteiger partial charge in [-0.25, -0.2) is 0 Å². The van der Waals surface area contributed by atoms with E-state index in [4.69, 9.17) is 5.73 Å². The number of halogens is 1. The van der Waals surface area contributed by atoms with Crippen molar-refractivity contribution in [1.29, 1.82) is 0 Å². The Morgan fingerprint density at radius 1 is 1.44 bits per heavy atom. The molecule has 3 N–H and O–H groups in total. The Balaban J connectivity index is 2.52. The SMILES string of the molecule is CC(CCN(C)C)Nc1ccc(N)cc1I. The van der Waals surface area contributed by atoms with E-state index < -0.39 is 0 Å². The molecule has 0 radical (unpaired) electrons. The molecule has 1 rings (SSSR count). The highest BCUT2D eigenvalue weighted by atomic mass is 127. The molecule has 1 atom stereocenters. The molecule has 0 saturated carbocycles. The maximum atomic E-state index is 5.72. The molecule has 1 aromatic rings. The molecule has 0 aromatic heterocycles. The Bertz CT molecular complexity index is 339. The fourth-order valence-electron chi connectivity index (χ4n) is 1.44. The standard InChI is InChI=1S/C12H20IN3/c1-9(6-7-16(2)3)15-12-5-4-10(14)8-11(12)13/h4-5,8-9,15H,6-7,14H2,1-3H3. The van der Waals surface area contributed by atoms with Crippen molar-refractivity contribution in [2.75, 3.05) is 31.7 Å². The molecule has 1 unspecified atom stereocenters. The van der Waals surface area contributed by atoms with Crippen LogP contribution in [0.2, 0.25) is 0 Å². The highest BCUT2D eigenvalue weighted by molar-refractivity contribution is 14.1. The summed E-state index contributed by atoms with van der Waals surface area (Å²) in [4.78, 5) is 2.20. The minimum absolute atomic E-state index is 0.472. The van der Waals surface area contributed by atoms with Crippen molar-refractivity contribution < 1.29 is 0 Å². The van der Waals surface area contributed by atoms with Gasteiger partial charge in [0, 0.05) is 21.0 Å². The van der Waals surface area contributed by atoms with Crippen LogP contribution in [0.1, 0.15) is 13.3 Å². The minimum Gasteiger partial charge on any atom is -0.399 e. The fourth-order valence-corrected chi connectivity index (χ4v) is 2.13. The second-order valence-electron chi connectivity index (χ2n) is 4.38. The van der Waals surface area contributed by atoms with Crippen LogP contribution in [0, 0.1) is 3.57 Å². The van der Waals surface area contributed by atoms with Crippen molar-refractivity contribution in [3.8, 4) is 0 Å². The zero-order valence-corrected chi connectivity index (χ0v) is 12.3. The fraction of sp³-hybridized carbons (Fsp3) is 0.500. The first kappa shape index (κ1) is 13.6. The summed E-state index contributed by atoms with van der Waals surface area (Å²) in [6.45, 7) is 3.30. The summed E-state index contributed by atoms with van der Waals surface area (Å²) >= 11 is 2.31. The summed E-state index contributed by atoms with van der Waals surface area (Å²) in [5.41, 5.74) is 7.70. The van der Waals surface area contributed by atoms with Crippen molar-refractivity contribution >= 4 is 34.0 Å². The minimum atomic E-state index is 0.472. The van der Waals surface area contributed by atoms with Crippen molar-refractivity contribution in [1.82, 2.24) is 4.90 Å². The lowest BCUT2D eigenvalue weighted by Gasteiger charge is -2.18. The number of hydrogen-bond donors (Lipinski definition) is 2. The summed E-state index contributed by atoms with van der Waals surface area (Å²) < 4.78 is 1.18. The summed E-state index contributed by atoms with van der Waals surface area (Å²) in [6.07, 6.45) is 1.13. The maximum Gasteiger partial charge on any atom is 0.0479 e. The first-order valence-electron chi connectivity index (χ1n) is 5.45. The monoisotopic (exact) mass is 333 g/mol. The average Bonchev–Trinajstić information content (AvgIpc) is 2.19. The van der Waals surface area contributed by atoms with Crippen LogP contribution < -0.4 is 11.1 Å². The van der Waals surface area contributed by atoms with Gasteiger partial charge in [0.25, 0.3) is 0 Å². The molecule has 0 aliphatic heterocycles. The van der Waals surface area contributed by atoms with Crippen LogP contribution in [0.5, 0.6) is 0 Å². The Hall–Kier alpha value is -0.490. The molecule has 1 aromatic carbocycles. The molecule has 0 fully saturated rings. The molecule has 16 heavy (non-hydrogen) atoms. The predicted octanol–water partition coefficient (Wildman–Crippen LogP) is 2.63. The third-order valence-electron chi connectivity index (χ3n) is 2.40. The van der Waals surface area contributed by atoms with E-state index >= 15 is 0 Å². The van der Waals surface area contributed by atoms with Gasteiger partial charge in [-0.2, -0.15) is 0 Å². The van der Waals surface area contributed by atoms with Crippen LogP contribution in [-0.4, -0.2) is 31.6 Å². The number of anilines is 2. The molecule has 0 heterocycles. The van der Waals surface area contributed by atoms with Gasteiger partial charge in [0.15, 0.2) is 0 Å². The lowest BCUT2D eigenvalue weighted by molar-refractivity contribution is 0.390. The van der Waals surface area contributed by atoms with Crippen LogP contribution in [-0.2, 0) is 0 Å². The molecule has 0 amide bonds. The van der Waals surface area contributed by atoms with Gasteiger partial charge >= 0.3 is 0 Å². The zero-order valence-electron chi connectivity index (χ0n) is 10.1. The first-order valence-corrected chi connectivity index (χ1v) is 6.53. The van der Waals surface area contributed by atoms with Gasteiger partial charge in [0.1, 0.15) is 0 Å². The van der Waals surface area contributed by atoms with Gasteiger partial charge in [-0.15, -0.1) is 0 Å². The van der Waals surface area contributed by atoms with E-state index in [0.29, 0.717) is 6.04 Å². The lowest BCUT2D eigenvalue weighted by atomic mass is 10.2. The third kappa shape index (κ3) is 4.57. The van der Waals surface area contributed by atoms with E-state index in [1.165, 1.54) is 9.26 Å². The van der Waals surface area contributed by atoms with Gasteiger partial charge in [-0.05, 0) is 74.8 Å². The largest absolute Gasteiger partial charge is 0.399 e. The zero-order chi connectivity index (χ0) is 12.1. The predicted molar refractivity (Wildman–Crippen MR) is 79.8 cm³/mol. The van der Waals surface area contributed by atoms with E-state index in [0.717, 1.165) is 18.7 Å². The molecule has 0 bridgehead atoms. The number of benzene rings is 1. The van der Waals surface area contributed by atoms with Gasteiger partial charge in [-0.1, -0.05) is 0 Å². The summed E-state index contributed by atoms with van der Waals surface area (Å²) in [5, 5.41) is 3.50. The second-order valence-corrected chi connectivity index (χ2v) is 5.54. The van der Waals surface area contributed by atoms with E-state index in [1.54, 1.807) is 0 Å². The van der Waals surface area contributed by atoms with Crippen molar-refractivity contribution in [2.45, 2.75) is 19.4 Å². The molecule has 4 heteroatoms. The van der Waals surface area contributed by atoms with E-state index in [2.05, 4.69) is 53.8 Å². The molecule has 90 valence electrons. The second kappa shape index (κ2) is 6.30. The van der Waals surface area contributed by atoms with Crippen LogP contribution in [0.15, 0.2) is 18.2 Å². The van der Waals surface area contributed by atoms with E-state index in [1.807, 2.05) is 18.2 Å². The molecule has 0 aliphatic rings. The van der Waals surface area contributed by atoms with Crippen molar-refractivity contribution in [2.24, 2.45) is 0 Å². The molecular formula is C12H20IN3. The van der Waals surface area contributed by atoms with Gasteiger partial charge < -0.3 is 16.0 Å². The van der Waals surface area contributed by atoms with Gasteiger partial charge in [0.05, 0.1) is 0 Å². The van der Waals surface area contributed by atoms with E-state index in [9.17, 15) is 0 Å². The molecule has 0 spiro atoms. The summed E-state index contributed by atoms with van der Waals surface area (Å²) in [7, 11) is 4.19. The Morgan fingerprint density at radius 2 is 2.12 bits per heavy atom. The Morgan fingerprint density at radius 3 is 2.69 bits per heavy atom. The summed E-state index contributed by atoms with van der Waals surface area (Å²) in [6, 6.07) is 6.44. The highest BCUT2D eigenvalue weighted by Crippen LogP contribution is 2.21. The number of nitrogen functional groups attached to an aromatic ring is 1. The topological polar surface area (TPSA) is 41.3 Å². The molecular weight excluding hydrogens is 313 g/mol. The lowest BCUT2D eigenvalue weighted by Crippen LogP contribution is -2.23. The highest BCUT2D eigenvalue weighted by Gasteiger charge is 2.05. The van der Waals surface area contributed by atoms with Crippen LogP contribution in [0.25, 0.3) is 0 Å². The third-order valence-corrected chi connectivity index (χ3v) is 3.30. The normalized spacial score (nSPS) is 12.8. The number of nitrogens with two attached hydrogens (primary N) is 1.